The number of carbonyl (C=O) groups excluding carboxylic acids is 1. The van der Waals surface area contributed by atoms with Crippen LogP contribution in [0.4, 0.5) is 27.6 Å². The summed E-state index contributed by atoms with van der Waals surface area (Å²) in [5, 5.41) is 11.7. The Morgan fingerprint density at radius 1 is 0.735 bits per heavy atom. The van der Waals surface area contributed by atoms with Crippen molar-refractivity contribution in [2.24, 2.45) is 5.92 Å². The average Bonchev–Trinajstić information content (AvgIpc) is 3.12. The molecule has 2 N–H and O–H groups in total. The lowest BCUT2D eigenvalue weighted by Crippen LogP contribution is -2.51. The molecule has 0 spiro atoms. The molecular weight excluding hydrogens is 645 g/mol. The molecule has 4 atom stereocenters. The minimum absolute atomic E-state index is 0.0431. The lowest BCUT2D eigenvalue weighted by Gasteiger charge is -2.44. The van der Waals surface area contributed by atoms with Crippen LogP contribution < -0.4 is 5.32 Å². The largest absolute Gasteiger partial charge is 0.392 e. The molecule has 7 nitrogen and oxygen atoms in total. The summed E-state index contributed by atoms with van der Waals surface area (Å²) in [6.07, 6.45) is -1.40. The minimum atomic E-state index is -2.34. The monoisotopic (exact) mass is 681 g/mol. The van der Waals surface area contributed by atoms with Crippen molar-refractivity contribution in [1.82, 2.24) is 9.80 Å². The van der Waals surface area contributed by atoms with Gasteiger partial charge >= 0.3 is 0 Å². The number of anilines is 1. The molecule has 2 aliphatic heterocycles. The van der Waals surface area contributed by atoms with Gasteiger partial charge in [0.15, 0.2) is 29.6 Å². The average molecular weight is 682 g/mol. The van der Waals surface area contributed by atoms with Gasteiger partial charge in [-0.3, -0.25) is 14.6 Å². The highest BCUT2D eigenvalue weighted by Crippen LogP contribution is 2.42. The van der Waals surface area contributed by atoms with Gasteiger partial charge in [-0.2, -0.15) is 0 Å². The van der Waals surface area contributed by atoms with Gasteiger partial charge in [-0.05, 0) is 28.8 Å². The molecule has 0 saturated carbocycles. The van der Waals surface area contributed by atoms with E-state index in [1.54, 1.807) is 12.1 Å². The fourth-order valence-electron chi connectivity index (χ4n) is 6.28. The number of hydrogen-bond donors (Lipinski definition) is 2. The summed E-state index contributed by atoms with van der Waals surface area (Å²) in [6.45, 7) is 7.14. The van der Waals surface area contributed by atoms with E-state index in [0.717, 1.165) is 43.9 Å². The second-order valence-corrected chi connectivity index (χ2v) is 12.4. The van der Waals surface area contributed by atoms with Crippen LogP contribution in [-0.2, 0) is 22.6 Å². The zero-order chi connectivity index (χ0) is 34.7. The van der Waals surface area contributed by atoms with Crippen LogP contribution in [-0.4, -0.2) is 59.6 Å². The number of ether oxygens (including phenoxy) is 2. The maximum absolute atomic E-state index is 14.2. The second-order valence-electron chi connectivity index (χ2n) is 12.4. The molecule has 12 heteroatoms. The van der Waals surface area contributed by atoms with Crippen LogP contribution in [0.1, 0.15) is 51.9 Å². The van der Waals surface area contributed by atoms with Crippen molar-refractivity contribution in [3.8, 4) is 0 Å². The van der Waals surface area contributed by atoms with Gasteiger partial charge in [0.2, 0.25) is 5.82 Å². The molecule has 2 fully saturated rings. The first-order valence-electron chi connectivity index (χ1n) is 16.0. The van der Waals surface area contributed by atoms with Gasteiger partial charge in [0.05, 0.1) is 18.8 Å². The molecule has 2 heterocycles. The molecule has 258 valence electrons. The van der Waals surface area contributed by atoms with Gasteiger partial charge in [-0.25, -0.2) is 22.0 Å². The van der Waals surface area contributed by atoms with Crippen molar-refractivity contribution in [1.29, 1.82) is 0 Å². The maximum atomic E-state index is 14.2. The summed E-state index contributed by atoms with van der Waals surface area (Å²) < 4.78 is 82.2. The predicted octanol–water partition coefficient (Wildman–Crippen LogP) is 6.74. The standard InChI is InChI=1S/C37H36F5N3O4/c1-22-28(20-45-17-15-44(16-18-45)19-23-5-3-2-4-6-23)48-37(49-35(22)25-9-7-24(21-46)8-10-25)26-11-13-27(14-12-26)43-36(47)29-30(38)32(40)34(42)33(41)31(29)39/h2-14,22,28,35,37,46H,15-21H2,1H3,(H,43,47)/t22-,28+,35+,37+/m0/s1. The van der Waals surface area contributed by atoms with Crippen molar-refractivity contribution in [2.45, 2.75) is 38.6 Å². The van der Waals surface area contributed by atoms with Crippen LogP contribution >= 0.6 is 0 Å². The fourth-order valence-corrected chi connectivity index (χ4v) is 6.28. The summed E-state index contributed by atoms with van der Waals surface area (Å²) >= 11 is 0. The normalized spacial score (nSPS) is 21.9. The molecule has 4 aromatic carbocycles. The molecule has 1 amide bonds. The molecule has 0 radical (unpaired) electrons. The number of aliphatic hydroxyl groups is 1. The Balaban J connectivity index is 1.17. The van der Waals surface area contributed by atoms with Gasteiger partial charge < -0.3 is 19.9 Å². The van der Waals surface area contributed by atoms with E-state index in [-0.39, 0.29) is 30.4 Å². The fraction of sp³-hybridized carbons (Fsp3) is 0.324. The smallest absolute Gasteiger partial charge is 0.261 e. The third-order valence-electron chi connectivity index (χ3n) is 9.15. The Kier molecular flexibility index (Phi) is 10.7. The summed E-state index contributed by atoms with van der Waals surface area (Å²) in [7, 11) is 0. The number of carbonyl (C=O) groups is 1. The van der Waals surface area contributed by atoms with Gasteiger partial charge in [-0.15, -0.1) is 0 Å². The van der Waals surface area contributed by atoms with Crippen LogP contribution in [0.15, 0.2) is 78.9 Å². The zero-order valence-electron chi connectivity index (χ0n) is 26.7. The lowest BCUT2D eigenvalue weighted by atomic mass is 9.90. The van der Waals surface area contributed by atoms with Crippen molar-refractivity contribution in [3.05, 3.63) is 136 Å². The zero-order valence-corrected chi connectivity index (χ0v) is 26.7. The molecule has 49 heavy (non-hydrogen) atoms. The highest BCUT2D eigenvalue weighted by Gasteiger charge is 2.39. The number of nitrogens with one attached hydrogen (secondary N) is 1. The van der Waals surface area contributed by atoms with Crippen molar-refractivity contribution >= 4 is 11.6 Å². The second kappa shape index (κ2) is 15.1. The predicted molar refractivity (Wildman–Crippen MR) is 172 cm³/mol. The van der Waals surface area contributed by atoms with Crippen LogP contribution in [0.2, 0.25) is 0 Å². The number of aliphatic hydroxyl groups excluding tert-OH is 1. The SMILES string of the molecule is C[C@H]1[C@@H](CN2CCN(Cc3ccccc3)CC2)O[C@@H](c2ccc(NC(=O)c3c(F)c(F)c(F)c(F)c3F)cc2)O[C@H]1c1ccc(CO)cc1. The number of halogens is 5. The molecule has 0 aromatic heterocycles. The molecule has 4 aromatic rings. The number of nitrogens with zero attached hydrogens (tertiary/aromatic N) is 2. The van der Waals surface area contributed by atoms with Gasteiger partial charge in [-0.1, -0.05) is 73.7 Å². The number of benzene rings is 4. The Labute approximate surface area is 280 Å². The van der Waals surface area contributed by atoms with Gasteiger partial charge in [0.1, 0.15) is 5.56 Å². The highest BCUT2D eigenvalue weighted by atomic mass is 19.2. The quantitative estimate of drug-likeness (QED) is 0.116. The number of rotatable bonds is 9. The lowest BCUT2D eigenvalue weighted by molar-refractivity contribution is -0.276. The molecule has 2 aliphatic rings. The topological polar surface area (TPSA) is 74.3 Å². The highest BCUT2D eigenvalue weighted by molar-refractivity contribution is 6.04. The van der Waals surface area contributed by atoms with E-state index in [1.165, 1.54) is 17.7 Å². The number of piperazine rings is 1. The number of hydrogen-bond acceptors (Lipinski definition) is 6. The van der Waals surface area contributed by atoms with Gasteiger partial charge in [0.25, 0.3) is 5.91 Å². The molecule has 0 aliphatic carbocycles. The maximum Gasteiger partial charge on any atom is 0.261 e. The Bertz CT molecular complexity index is 1720. The summed E-state index contributed by atoms with van der Waals surface area (Å²) in [5.41, 5.74) is 2.04. The molecule has 2 saturated heterocycles. The first-order chi connectivity index (χ1) is 23.6. The van der Waals surface area contributed by atoms with Crippen molar-refractivity contribution < 1.29 is 41.3 Å². The van der Waals surface area contributed by atoms with E-state index in [1.807, 2.05) is 42.5 Å². The Morgan fingerprint density at radius 3 is 1.92 bits per heavy atom. The molecule has 0 unspecified atom stereocenters. The van der Waals surface area contributed by atoms with Crippen LogP contribution in [0, 0.1) is 35.0 Å². The van der Waals surface area contributed by atoms with Crippen molar-refractivity contribution in [2.75, 3.05) is 38.0 Å². The van der Waals surface area contributed by atoms with E-state index < -0.39 is 46.8 Å². The van der Waals surface area contributed by atoms with Gasteiger partial charge in [0, 0.05) is 56.4 Å². The number of amides is 1. The molecular formula is C37H36F5N3O4. The Hall–Kier alpha value is -4.20. The van der Waals surface area contributed by atoms with Crippen LogP contribution in [0.25, 0.3) is 0 Å². The van der Waals surface area contributed by atoms with Crippen LogP contribution in [0.5, 0.6) is 0 Å². The van der Waals surface area contributed by atoms with Crippen LogP contribution in [0.3, 0.4) is 0 Å². The minimum Gasteiger partial charge on any atom is -0.392 e. The summed E-state index contributed by atoms with van der Waals surface area (Å²) in [5.74, 6) is -12.7. The first kappa shape index (κ1) is 34.7. The summed E-state index contributed by atoms with van der Waals surface area (Å²) in [4.78, 5) is 17.4. The molecule has 6 rings (SSSR count). The third kappa shape index (κ3) is 7.68. The first-order valence-corrected chi connectivity index (χ1v) is 16.0. The van der Waals surface area contributed by atoms with E-state index >= 15 is 0 Å². The van der Waals surface area contributed by atoms with E-state index in [9.17, 15) is 31.9 Å². The van der Waals surface area contributed by atoms with E-state index in [4.69, 9.17) is 9.47 Å². The van der Waals surface area contributed by atoms with E-state index in [0.29, 0.717) is 12.1 Å². The molecule has 0 bridgehead atoms. The van der Waals surface area contributed by atoms with E-state index in [2.05, 4.69) is 34.2 Å². The van der Waals surface area contributed by atoms with Crippen molar-refractivity contribution in [3.63, 3.8) is 0 Å². The third-order valence-corrected chi connectivity index (χ3v) is 9.15. The Morgan fingerprint density at radius 2 is 1.31 bits per heavy atom. The summed E-state index contributed by atoms with van der Waals surface area (Å²) in [6, 6.07) is 23.9.